The standard InChI is InChI=1S/C9H15NO3/c1-6(2)9(8(12)13)4-3-5-10-7(9)11/h6H,3-5H2,1-2H3,(H,10,11)(H,12,13). The molecule has 1 fully saturated rings. The summed E-state index contributed by atoms with van der Waals surface area (Å²) in [6, 6.07) is 0. The third kappa shape index (κ3) is 1.41. The molecular weight excluding hydrogens is 170 g/mol. The van der Waals surface area contributed by atoms with Crippen molar-refractivity contribution in [3.8, 4) is 0 Å². The van der Waals surface area contributed by atoms with Crippen LogP contribution in [-0.2, 0) is 9.59 Å². The molecule has 0 saturated carbocycles. The number of rotatable bonds is 2. The van der Waals surface area contributed by atoms with Gasteiger partial charge >= 0.3 is 5.97 Å². The Bertz CT molecular complexity index is 237. The predicted octanol–water partition coefficient (Wildman–Crippen LogP) is 0.623. The van der Waals surface area contributed by atoms with E-state index in [1.54, 1.807) is 13.8 Å². The van der Waals surface area contributed by atoms with Gasteiger partial charge in [0.05, 0.1) is 0 Å². The molecule has 4 nitrogen and oxygen atoms in total. The lowest BCUT2D eigenvalue weighted by molar-refractivity contribution is -0.161. The van der Waals surface area contributed by atoms with Crippen LogP contribution in [0.5, 0.6) is 0 Å². The van der Waals surface area contributed by atoms with Gasteiger partial charge in [-0.05, 0) is 18.8 Å². The summed E-state index contributed by atoms with van der Waals surface area (Å²) in [7, 11) is 0. The first-order chi connectivity index (χ1) is 6.01. The summed E-state index contributed by atoms with van der Waals surface area (Å²) < 4.78 is 0. The van der Waals surface area contributed by atoms with E-state index in [-0.39, 0.29) is 11.8 Å². The van der Waals surface area contributed by atoms with Crippen molar-refractivity contribution in [1.82, 2.24) is 5.32 Å². The summed E-state index contributed by atoms with van der Waals surface area (Å²) in [6.45, 7) is 4.15. The molecule has 0 radical (unpaired) electrons. The molecule has 4 heteroatoms. The molecule has 1 saturated heterocycles. The van der Waals surface area contributed by atoms with Crippen molar-refractivity contribution in [2.75, 3.05) is 6.54 Å². The normalized spacial score (nSPS) is 28.7. The Hall–Kier alpha value is -1.06. The second-order valence-corrected chi connectivity index (χ2v) is 3.79. The van der Waals surface area contributed by atoms with Gasteiger partial charge in [0.15, 0.2) is 0 Å². The highest BCUT2D eigenvalue weighted by Gasteiger charge is 2.49. The maximum atomic E-state index is 11.5. The molecule has 13 heavy (non-hydrogen) atoms. The van der Waals surface area contributed by atoms with Gasteiger partial charge in [0.25, 0.3) is 0 Å². The Morgan fingerprint density at radius 2 is 2.23 bits per heavy atom. The van der Waals surface area contributed by atoms with Crippen LogP contribution in [0, 0.1) is 11.3 Å². The molecule has 2 N–H and O–H groups in total. The number of hydrogen-bond donors (Lipinski definition) is 2. The number of carboxylic acid groups (broad SMARTS) is 1. The summed E-state index contributed by atoms with van der Waals surface area (Å²) in [6.07, 6.45) is 1.20. The Kier molecular flexibility index (Phi) is 2.59. The zero-order valence-electron chi connectivity index (χ0n) is 7.96. The van der Waals surface area contributed by atoms with Crippen molar-refractivity contribution in [3.63, 3.8) is 0 Å². The number of carboxylic acids is 1. The van der Waals surface area contributed by atoms with E-state index < -0.39 is 11.4 Å². The first-order valence-corrected chi connectivity index (χ1v) is 4.53. The van der Waals surface area contributed by atoms with Gasteiger partial charge in [0.1, 0.15) is 5.41 Å². The zero-order valence-corrected chi connectivity index (χ0v) is 7.96. The van der Waals surface area contributed by atoms with Crippen LogP contribution >= 0.6 is 0 Å². The molecule has 0 aromatic heterocycles. The van der Waals surface area contributed by atoms with Crippen LogP contribution in [0.3, 0.4) is 0 Å². The van der Waals surface area contributed by atoms with E-state index in [0.717, 1.165) is 6.42 Å². The number of aliphatic carboxylic acids is 1. The molecule has 74 valence electrons. The van der Waals surface area contributed by atoms with Crippen LogP contribution in [0.4, 0.5) is 0 Å². The second-order valence-electron chi connectivity index (χ2n) is 3.79. The fourth-order valence-electron chi connectivity index (χ4n) is 1.84. The minimum absolute atomic E-state index is 0.162. The molecule has 1 aliphatic heterocycles. The number of amides is 1. The molecule has 0 aliphatic carbocycles. The molecule has 0 aromatic rings. The van der Waals surface area contributed by atoms with Crippen molar-refractivity contribution in [2.24, 2.45) is 11.3 Å². The van der Waals surface area contributed by atoms with Crippen LogP contribution in [0.25, 0.3) is 0 Å². The highest BCUT2D eigenvalue weighted by molar-refractivity contribution is 6.02. The minimum atomic E-state index is -1.20. The van der Waals surface area contributed by atoms with Gasteiger partial charge < -0.3 is 10.4 Å². The molecule has 1 rings (SSSR count). The summed E-state index contributed by atoms with van der Waals surface area (Å²) >= 11 is 0. The molecule has 0 spiro atoms. The quantitative estimate of drug-likeness (QED) is 0.620. The smallest absolute Gasteiger partial charge is 0.319 e. The molecule has 1 atom stereocenters. The molecule has 1 amide bonds. The highest BCUT2D eigenvalue weighted by atomic mass is 16.4. The van der Waals surface area contributed by atoms with Crippen molar-refractivity contribution in [2.45, 2.75) is 26.7 Å². The van der Waals surface area contributed by atoms with Gasteiger partial charge in [0.2, 0.25) is 5.91 Å². The van der Waals surface area contributed by atoms with E-state index in [2.05, 4.69) is 5.32 Å². The van der Waals surface area contributed by atoms with E-state index in [9.17, 15) is 9.59 Å². The van der Waals surface area contributed by atoms with E-state index in [4.69, 9.17) is 5.11 Å². The summed E-state index contributed by atoms with van der Waals surface area (Å²) in [5, 5.41) is 11.7. The highest BCUT2D eigenvalue weighted by Crippen LogP contribution is 2.35. The van der Waals surface area contributed by atoms with E-state index in [0.29, 0.717) is 13.0 Å². The van der Waals surface area contributed by atoms with Gasteiger partial charge in [-0.25, -0.2) is 0 Å². The molecule has 1 aliphatic rings. The van der Waals surface area contributed by atoms with Crippen LogP contribution in [-0.4, -0.2) is 23.5 Å². The first kappa shape index (κ1) is 10.0. The zero-order chi connectivity index (χ0) is 10.1. The van der Waals surface area contributed by atoms with E-state index >= 15 is 0 Å². The summed E-state index contributed by atoms with van der Waals surface area (Å²) in [4.78, 5) is 22.6. The maximum absolute atomic E-state index is 11.5. The van der Waals surface area contributed by atoms with Gasteiger partial charge in [0, 0.05) is 6.54 Å². The second kappa shape index (κ2) is 3.36. The van der Waals surface area contributed by atoms with E-state index in [1.807, 2.05) is 0 Å². The molecular formula is C9H15NO3. The number of piperidine rings is 1. The average Bonchev–Trinajstić information content (AvgIpc) is 2.04. The SMILES string of the molecule is CC(C)C1(C(=O)O)CCCNC1=O. The number of hydrogen-bond acceptors (Lipinski definition) is 2. The summed E-state index contributed by atoms with van der Waals surface area (Å²) in [5.41, 5.74) is -1.20. The largest absolute Gasteiger partial charge is 0.480 e. The van der Waals surface area contributed by atoms with Gasteiger partial charge in [-0.2, -0.15) is 0 Å². The molecule has 1 unspecified atom stereocenters. The lowest BCUT2D eigenvalue weighted by Crippen LogP contribution is -2.53. The minimum Gasteiger partial charge on any atom is -0.480 e. The third-order valence-electron chi connectivity index (χ3n) is 2.81. The monoisotopic (exact) mass is 185 g/mol. The topological polar surface area (TPSA) is 66.4 Å². The lowest BCUT2D eigenvalue weighted by Gasteiger charge is -2.35. The first-order valence-electron chi connectivity index (χ1n) is 4.53. The Balaban J connectivity index is 3.00. The maximum Gasteiger partial charge on any atom is 0.319 e. The summed E-state index contributed by atoms with van der Waals surface area (Å²) in [5.74, 6) is -1.49. The van der Waals surface area contributed by atoms with Gasteiger partial charge in [-0.3, -0.25) is 9.59 Å². The predicted molar refractivity (Wildman–Crippen MR) is 47.2 cm³/mol. The van der Waals surface area contributed by atoms with Crippen LogP contribution in [0.2, 0.25) is 0 Å². The number of carbonyl (C=O) groups is 2. The number of nitrogens with one attached hydrogen (secondary N) is 1. The molecule has 0 bridgehead atoms. The van der Waals surface area contributed by atoms with Crippen LogP contribution < -0.4 is 5.32 Å². The third-order valence-corrected chi connectivity index (χ3v) is 2.81. The lowest BCUT2D eigenvalue weighted by atomic mass is 9.71. The number of carbonyl (C=O) groups excluding carboxylic acids is 1. The fourth-order valence-corrected chi connectivity index (χ4v) is 1.84. The molecule has 0 aromatic carbocycles. The van der Waals surface area contributed by atoms with Gasteiger partial charge in [-0.15, -0.1) is 0 Å². The average molecular weight is 185 g/mol. The van der Waals surface area contributed by atoms with Crippen molar-refractivity contribution < 1.29 is 14.7 Å². The van der Waals surface area contributed by atoms with Crippen molar-refractivity contribution in [1.29, 1.82) is 0 Å². The molecule has 1 heterocycles. The van der Waals surface area contributed by atoms with Crippen LogP contribution in [0.1, 0.15) is 26.7 Å². The fraction of sp³-hybridized carbons (Fsp3) is 0.778. The Morgan fingerprint density at radius 1 is 1.62 bits per heavy atom. The Labute approximate surface area is 77.3 Å². The Morgan fingerprint density at radius 3 is 2.54 bits per heavy atom. The van der Waals surface area contributed by atoms with Crippen molar-refractivity contribution in [3.05, 3.63) is 0 Å². The van der Waals surface area contributed by atoms with Gasteiger partial charge in [-0.1, -0.05) is 13.8 Å². The van der Waals surface area contributed by atoms with Crippen molar-refractivity contribution >= 4 is 11.9 Å². The van der Waals surface area contributed by atoms with E-state index in [1.165, 1.54) is 0 Å². The van der Waals surface area contributed by atoms with Crippen LogP contribution in [0.15, 0.2) is 0 Å².